The lowest BCUT2D eigenvalue weighted by Gasteiger charge is -2.04. The van der Waals surface area contributed by atoms with Gasteiger partial charge < -0.3 is 10.5 Å². The van der Waals surface area contributed by atoms with E-state index < -0.39 is 0 Å². The number of ether oxygens (including phenoxy) is 1. The maximum atomic E-state index is 5.86. The first-order chi connectivity index (χ1) is 10.2. The molecular weight excluding hydrogens is 280 g/mol. The van der Waals surface area contributed by atoms with Gasteiger partial charge in [0.2, 0.25) is 0 Å². The van der Waals surface area contributed by atoms with Crippen LogP contribution in [0.4, 0.5) is 5.69 Å². The summed E-state index contributed by atoms with van der Waals surface area (Å²) in [6.07, 6.45) is 0.953. The Bertz CT molecular complexity index is 839. The minimum atomic E-state index is 0.768. The van der Waals surface area contributed by atoms with E-state index in [0.717, 1.165) is 34.1 Å². The Kier molecular flexibility index (Phi) is 2.72. The summed E-state index contributed by atoms with van der Waals surface area (Å²) in [6, 6.07) is 14.1. The Hall–Kier alpha value is -2.33. The summed E-state index contributed by atoms with van der Waals surface area (Å²) in [5.74, 6) is 0.875. The van der Waals surface area contributed by atoms with Crippen LogP contribution in [0.15, 0.2) is 42.5 Å². The highest BCUT2D eigenvalue weighted by atomic mass is 32.1. The monoisotopic (exact) mass is 294 g/mol. The van der Waals surface area contributed by atoms with Crippen LogP contribution in [0.1, 0.15) is 10.4 Å². The zero-order chi connectivity index (χ0) is 14.4. The van der Waals surface area contributed by atoms with Crippen molar-refractivity contribution in [3.8, 4) is 27.6 Å². The van der Waals surface area contributed by atoms with Gasteiger partial charge in [0.1, 0.15) is 10.8 Å². The van der Waals surface area contributed by atoms with Crippen LogP contribution in [-0.2, 0) is 6.42 Å². The molecular formula is C17H14N2OS. The molecule has 0 aliphatic heterocycles. The van der Waals surface area contributed by atoms with Crippen LogP contribution in [0, 0.1) is 0 Å². The highest BCUT2D eigenvalue weighted by Crippen LogP contribution is 2.43. The Balaban J connectivity index is 1.81. The maximum Gasteiger partial charge on any atom is 0.124 e. The quantitative estimate of drug-likeness (QED) is 0.569. The van der Waals surface area contributed by atoms with Crippen molar-refractivity contribution in [3.63, 3.8) is 0 Å². The molecule has 0 unspecified atom stereocenters. The summed E-state index contributed by atoms with van der Waals surface area (Å²) in [5, 5.41) is 1.03. The number of nitrogens with zero attached hydrogens (tertiary/aromatic N) is 1. The number of rotatable bonds is 2. The van der Waals surface area contributed by atoms with Gasteiger partial charge in [-0.3, -0.25) is 0 Å². The second-order valence-corrected chi connectivity index (χ2v) is 6.20. The lowest BCUT2D eigenvalue weighted by atomic mass is 10.1. The standard InChI is InChI=1S/C17H14N2OS/c1-20-13-6-5-10-8-15-16(14(10)9-13)19-17(21-15)11-3-2-4-12(18)7-11/h2-7,9H,8,18H2,1H3. The third-order valence-electron chi connectivity index (χ3n) is 3.75. The minimum Gasteiger partial charge on any atom is -0.497 e. The average molecular weight is 294 g/mol. The van der Waals surface area contributed by atoms with Gasteiger partial charge in [0.25, 0.3) is 0 Å². The molecule has 2 N–H and O–H groups in total. The first-order valence-corrected chi connectivity index (χ1v) is 7.59. The van der Waals surface area contributed by atoms with Crippen molar-refractivity contribution in [2.75, 3.05) is 12.8 Å². The summed E-state index contributed by atoms with van der Waals surface area (Å²) in [4.78, 5) is 6.14. The third-order valence-corrected chi connectivity index (χ3v) is 4.86. The smallest absolute Gasteiger partial charge is 0.124 e. The van der Waals surface area contributed by atoms with Crippen LogP contribution in [0.3, 0.4) is 0 Å². The predicted octanol–water partition coefficient (Wildman–Crippen LogP) is 3.97. The van der Waals surface area contributed by atoms with E-state index in [0.29, 0.717) is 0 Å². The van der Waals surface area contributed by atoms with Crippen LogP contribution in [0.5, 0.6) is 5.75 Å². The number of nitrogens with two attached hydrogens (primary N) is 1. The lowest BCUT2D eigenvalue weighted by Crippen LogP contribution is -1.87. The summed E-state index contributed by atoms with van der Waals surface area (Å²) in [6.45, 7) is 0. The van der Waals surface area contributed by atoms with Gasteiger partial charge in [-0.1, -0.05) is 18.2 Å². The molecule has 4 heteroatoms. The van der Waals surface area contributed by atoms with Gasteiger partial charge >= 0.3 is 0 Å². The molecule has 104 valence electrons. The van der Waals surface area contributed by atoms with Crippen LogP contribution in [0.2, 0.25) is 0 Å². The van der Waals surface area contributed by atoms with E-state index in [4.69, 9.17) is 15.5 Å². The number of hydrogen-bond acceptors (Lipinski definition) is 4. The zero-order valence-electron chi connectivity index (χ0n) is 11.6. The van der Waals surface area contributed by atoms with Crippen LogP contribution in [-0.4, -0.2) is 12.1 Å². The summed E-state index contributed by atoms with van der Waals surface area (Å²) in [7, 11) is 1.69. The number of aromatic nitrogens is 1. The van der Waals surface area contributed by atoms with E-state index >= 15 is 0 Å². The van der Waals surface area contributed by atoms with Gasteiger partial charge in [0, 0.05) is 28.1 Å². The number of fused-ring (bicyclic) bond motifs is 3. The summed E-state index contributed by atoms with van der Waals surface area (Å²) in [5.41, 5.74) is 11.3. The van der Waals surface area contributed by atoms with Gasteiger partial charge in [0.05, 0.1) is 12.8 Å². The summed E-state index contributed by atoms with van der Waals surface area (Å²) < 4.78 is 5.32. The Morgan fingerprint density at radius 3 is 2.90 bits per heavy atom. The molecule has 1 heterocycles. The first kappa shape index (κ1) is 12.4. The van der Waals surface area contributed by atoms with E-state index in [-0.39, 0.29) is 0 Å². The molecule has 4 rings (SSSR count). The molecule has 1 aliphatic rings. The molecule has 3 aromatic rings. The topological polar surface area (TPSA) is 48.1 Å². The van der Waals surface area contributed by atoms with E-state index in [2.05, 4.69) is 18.2 Å². The molecule has 0 amide bonds. The zero-order valence-corrected chi connectivity index (χ0v) is 12.4. The van der Waals surface area contributed by atoms with Crippen molar-refractivity contribution in [1.82, 2.24) is 4.98 Å². The lowest BCUT2D eigenvalue weighted by molar-refractivity contribution is 0.415. The third kappa shape index (κ3) is 1.99. The molecule has 1 aliphatic carbocycles. The van der Waals surface area contributed by atoms with Crippen LogP contribution in [0.25, 0.3) is 21.8 Å². The second-order valence-electron chi connectivity index (χ2n) is 5.12. The molecule has 0 spiro atoms. The van der Waals surface area contributed by atoms with E-state index in [1.54, 1.807) is 18.4 Å². The van der Waals surface area contributed by atoms with E-state index in [1.165, 1.54) is 16.0 Å². The molecule has 3 nitrogen and oxygen atoms in total. The van der Waals surface area contributed by atoms with Gasteiger partial charge in [-0.15, -0.1) is 11.3 Å². The van der Waals surface area contributed by atoms with Crippen molar-refractivity contribution in [2.24, 2.45) is 0 Å². The van der Waals surface area contributed by atoms with Crippen molar-refractivity contribution < 1.29 is 4.74 Å². The van der Waals surface area contributed by atoms with Crippen LogP contribution < -0.4 is 10.5 Å². The van der Waals surface area contributed by atoms with Crippen molar-refractivity contribution in [2.45, 2.75) is 6.42 Å². The fourth-order valence-corrected chi connectivity index (χ4v) is 3.80. The highest BCUT2D eigenvalue weighted by Gasteiger charge is 2.24. The van der Waals surface area contributed by atoms with Crippen molar-refractivity contribution in [3.05, 3.63) is 52.9 Å². The largest absolute Gasteiger partial charge is 0.497 e. The SMILES string of the molecule is COc1ccc2c(c1)-c1nc(-c3cccc(N)c3)sc1C2. The number of hydrogen-bond donors (Lipinski definition) is 1. The van der Waals surface area contributed by atoms with E-state index in [1.807, 2.05) is 24.3 Å². The minimum absolute atomic E-state index is 0.768. The van der Waals surface area contributed by atoms with Crippen LogP contribution >= 0.6 is 11.3 Å². The molecule has 0 fully saturated rings. The molecule has 21 heavy (non-hydrogen) atoms. The van der Waals surface area contributed by atoms with Gasteiger partial charge in [0.15, 0.2) is 0 Å². The number of thiazole rings is 1. The Labute approximate surface area is 127 Å². The van der Waals surface area contributed by atoms with E-state index in [9.17, 15) is 0 Å². The number of methoxy groups -OCH3 is 1. The summed E-state index contributed by atoms with van der Waals surface area (Å²) >= 11 is 1.75. The second kappa shape index (κ2) is 4.60. The molecule has 0 saturated carbocycles. The fraction of sp³-hybridized carbons (Fsp3) is 0.118. The molecule has 1 aromatic heterocycles. The Morgan fingerprint density at radius 1 is 1.19 bits per heavy atom. The van der Waals surface area contributed by atoms with Gasteiger partial charge in [-0.2, -0.15) is 0 Å². The highest BCUT2D eigenvalue weighted by molar-refractivity contribution is 7.15. The van der Waals surface area contributed by atoms with Crippen molar-refractivity contribution >= 4 is 17.0 Å². The fourth-order valence-electron chi connectivity index (χ4n) is 2.71. The van der Waals surface area contributed by atoms with Crippen molar-refractivity contribution in [1.29, 1.82) is 0 Å². The van der Waals surface area contributed by atoms with Gasteiger partial charge in [-0.25, -0.2) is 4.98 Å². The number of benzene rings is 2. The predicted molar refractivity (Wildman–Crippen MR) is 86.8 cm³/mol. The normalized spacial score (nSPS) is 12.0. The first-order valence-electron chi connectivity index (χ1n) is 6.77. The number of nitrogen functional groups attached to an aromatic ring is 1. The average Bonchev–Trinajstić information content (AvgIpc) is 3.04. The molecule has 2 aromatic carbocycles. The number of anilines is 1. The maximum absolute atomic E-state index is 5.86. The van der Waals surface area contributed by atoms with Gasteiger partial charge in [-0.05, 0) is 29.8 Å². The molecule has 0 atom stereocenters. The molecule has 0 radical (unpaired) electrons. The molecule has 0 bridgehead atoms. The Morgan fingerprint density at radius 2 is 2.10 bits per heavy atom. The molecule has 0 saturated heterocycles.